The molecule has 2 rings (SSSR count). The van der Waals surface area contributed by atoms with Gasteiger partial charge in [0.2, 0.25) is 5.88 Å². The minimum Gasteiger partial charge on any atom is -0.474 e. The average molecular weight is 336 g/mol. The molecule has 1 aliphatic rings. The van der Waals surface area contributed by atoms with Crippen LogP contribution >= 0.6 is 0 Å². The number of pyridine rings is 1. The van der Waals surface area contributed by atoms with Gasteiger partial charge in [0, 0.05) is 25.1 Å². The van der Waals surface area contributed by atoms with Crippen LogP contribution in [0.2, 0.25) is 0 Å². The van der Waals surface area contributed by atoms with Crippen molar-refractivity contribution in [1.82, 2.24) is 10.3 Å². The van der Waals surface area contributed by atoms with Crippen LogP contribution in [0.1, 0.15) is 37.0 Å². The summed E-state index contributed by atoms with van der Waals surface area (Å²) in [5, 5.41) is 2.67. The van der Waals surface area contributed by atoms with E-state index in [4.69, 9.17) is 14.2 Å². The molecule has 2 heterocycles. The van der Waals surface area contributed by atoms with E-state index in [-0.39, 0.29) is 17.9 Å². The Morgan fingerprint density at radius 1 is 1.29 bits per heavy atom. The molecule has 0 aromatic carbocycles. The summed E-state index contributed by atoms with van der Waals surface area (Å²) in [5.74, 6) is -0.438. The minimum atomic E-state index is -0.694. The highest BCUT2D eigenvalue weighted by atomic mass is 16.5. The first-order valence-electron chi connectivity index (χ1n) is 8.10. The molecule has 0 radical (unpaired) electrons. The number of methoxy groups -OCH3 is 1. The molecule has 1 unspecified atom stereocenters. The lowest BCUT2D eigenvalue weighted by Gasteiger charge is -2.22. The molecule has 0 spiro atoms. The van der Waals surface area contributed by atoms with Crippen molar-refractivity contribution in [3.63, 3.8) is 0 Å². The van der Waals surface area contributed by atoms with Crippen LogP contribution in [-0.4, -0.2) is 49.3 Å². The molecule has 1 amide bonds. The topological polar surface area (TPSA) is 86.8 Å². The second-order valence-electron chi connectivity index (χ2n) is 6.03. The van der Waals surface area contributed by atoms with Crippen LogP contribution in [0.4, 0.5) is 0 Å². The van der Waals surface area contributed by atoms with E-state index < -0.39 is 12.0 Å². The number of carbonyl (C=O) groups is 2. The molecule has 1 aromatic heterocycles. The summed E-state index contributed by atoms with van der Waals surface area (Å²) < 4.78 is 15.8. The van der Waals surface area contributed by atoms with E-state index in [9.17, 15) is 9.59 Å². The predicted octanol–water partition coefficient (Wildman–Crippen LogP) is 1.57. The third kappa shape index (κ3) is 4.92. The second-order valence-corrected chi connectivity index (χ2v) is 6.03. The fraction of sp³-hybridized carbons (Fsp3) is 0.588. The number of carbonyl (C=O) groups excluding carboxylic acids is 2. The van der Waals surface area contributed by atoms with E-state index in [1.54, 1.807) is 12.1 Å². The Labute approximate surface area is 141 Å². The summed E-state index contributed by atoms with van der Waals surface area (Å²) in [6.45, 7) is 5.06. The van der Waals surface area contributed by atoms with Crippen LogP contribution in [0, 0.1) is 5.92 Å². The summed E-state index contributed by atoms with van der Waals surface area (Å²) in [6, 6.07) is 2.60. The van der Waals surface area contributed by atoms with Gasteiger partial charge in [-0.05, 0) is 12.0 Å². The van der Waals surface area contributed by atoms with Gasteiger partial charge < -0.3 is 19.5 Å². The van der Waals surface area contributed by atoms with E-state index >= 15 is 0 Å². The van der Waals surface area contributed by atoms with Crippen molar-refractivity contribution in [2.75, 3.05) is 20.3 Å². The van der Waals surface area contributed by atoms with Gasteiger partial charge in [-0.25, -0.2) is 9.78 Å². The molecule has 1 aliphatic heterocycles. The number of amides is 1. The van der Waals surface area contributed by atoms with Gasteiger partial charge in [0.15, 0.2) is 0 Å². The zero-order valence-electron chi connectivity index (χ0n) is 14.3. The molecular weight excluding hydrogens is 312 g/mol. The first-order valence-corrected chi connectivity index (χ1v) is 8.10. The standard InChI is InChI=1S/C17H24N2O5/c1-11(2)15(17(21)22-3)19-16(20)12-4-5-14(18-10-12)24-13-6-8-23-9-7-13/h4-5,10-11,13,15H,6-9H2,1-3H3,(H,19,20). The Balaban J connectivity index is 1.96. The molecule has 0 bridgehead atoms. The van der Waals surface area contributed by atoms with Crippen molar-refractivity contribution in [3.05, 3.63) is 23.9 Å². The third-order valence-electron chi connectivity index (χ3n) is 3.86. The van der Waals surface area contributed by atoms with Gasteiger partial charge in [0.1, 0.15) is 12.1 Å². The zero-order valence-corrected chi connectivity index (χ0v) is 14.3. The van der Waals surface area contributed by atoms with Gasteiger partial charge in [0.25, 0.3) is 5.91 Å². The van der Waals surface area contributed by atoms with E-state index in [0.717, 1.165) is 12.8 Å². The van der Waals surface area contributed by atoms with Crippen LogP contribution in [0.3, 0.4) is 0 Å². The number of rotatable bonds is 6. The summed E-state index contributed by atoms with van der Waals surface area (Å²) in [6.07, 6.45) is 3.20. The largest absolute Gasteiger partial charge is 0.474 e. The third-order valence-corrected chi connectivity index (χ3v) is 3.86. The molecule has 7 nitrogen and oxygen atoms in total. The van der Waals surface area contributed by atoms with E-state index in [0.29, 0.717) is 24.7 Å². The summed E-state index contributed by atoms with van der Waals surface area (Å²) in [4.78, 5) is 28.1. The molecule has 1 N–H and O–H groups in total. The quantitative estimate of drug-likeness (QED) is 0.794. The van der Waals surface area contributed by atoms with Gasteiger partial charge in [-0.2, -0.15) is 0 Å². The molecule has 1 saturated heterocycles. The highest BCUT2D eigenvalue weighted by molar-refractivity contribution is 5.96. The fourth-order valence-corrected chi connectivity index (χ4v) is 2.40. The Kier molecular flexibility index (Phi) is 6.54. The summed E-state index contributed by atoms with van der Waals surface area (Å²) in [5.41, 5.74) is 0.365. The van der Waals surface area contributed by atoms with Crippen LogP contribution < -0.4 is 10.1 Å². The number of nitrogens with zero attached hydrogens (tertiary/aromatic N) is 1. The zero-order chi connectivity index (χ0) is 17.5. The lowest BCUT2D eigenvalue weighted by atomic mass is 10.0. The van der Waals surface area contributed by atoms with Gasteiger partial charge in [0.05, 0.1) is 25.9 Å². The molecule has 24 heavy (non-hydrogen) atoms. The van der Waals surface area contributed by atoms with Gasteiger partial charge in [-0.3, -0.25) is 4.79 Å². The van der Waals surface area contributed by atoms with Crippen molar-refractivity contribution in [1.29, 1.82) is 0 Å². The Morgan fingerprint density at radius 3 is 2.54 bits per heavy atom. The molecule has 1 atom stereocenters. The highest BCUT2D eigenvalue weighted by Gasteiger charge is 2.25. The maximum Gasteiger partial charge on any atom is 0.328 e. The fourth-order valence-electron chi connectivity index (χ4n) is 2.40. The lowest BCUT2D eigenvalue weighted by molar-refractivity contribution is -0.144. The Hall–Kier alpha value is -2.15. The van der Waals surface area contributed by atoms with Gasteiger partial charge in [-0.1, -0.05) is 13.8 Å². The first kappa shape index (κ1) is 18.2. The van der Waals surface area contributed by atoms with E-state index in [1.165, 1.54) is 13.3 Å². The van der Waals surface area contributed by atoms with Crippen molar-refractivity contribution < 1.29 is 23.8 Å². The summed E-state index contributed by atoms with van der Waals surface area (Å²) in [7, 11) is 1.30. The maximum atomic E-state index is 12.3. The van der Waals surface area contributed by atoms with E-state index in [2.05, 4.69) is 10.3 Å². The van der Waals surface area contributed by atoms with Crippen LogP contribution in [0.5, 0.6) is 5.88 Å². The molecule has 0 saturated carbocycles. The molecular formula is C17H24N2O5. The van der Waals surface area contributed by atoms with Gasteiger partial charge >= 0.3 is 5.97 Å². The first-order chi connectivity index (χ1) is 11.5. The number of ether oxygens (including phenoxy) is 3. The van der Waals surface area contributed by atoms with Crippen molar-refractivity contribution in [3.8, 4) is 5.88 Å². The maximum absolute atomic E-state index is 12.3. The monoisotopic (exact) mass is 336 g/mol. The average Bonchev–Trinajstić information content (AvgIpc) is 2.60. The molecule has 7 heteroatoms. The second kappa shape index (κ2) is 8.63. The predicted molar refractivity (Wildman–Crippen MR) is 86.8 cm³/mol. The number of nitrogens with one attached hydrogen (secondary N) is 1. The molecule has 0 aliphatic carbocycles. The van der Waals surface area contributed by atoms with Crippen LogP contribution in [0.15, 0.2) is 18.3 Å². The molecule has 132 valence electrons. The van der Waals surface area contributed by atoms with Crippen molar-refractivity contribution >= 4 is 11.9 Å². The smallest absolute Gasteiger partial charge is 0.328 e. The lowest BCUT2D eigenvalue weighted by Crippen LogP contribution is -2.45. The van der Waals surface area contributed by atoms with Crippen LogP contribution in [-0.2, 0) is 14.3 Å². The van der Waals surface area contributed by atoms with E-state index in [1.807, 2.05) is 13.8 Å². The minimum absolute atomic E-state index is 0.0783. The van der Waals surface area contributed by atoms with Gasteiger partial charge in [-0.15, -0.1) is 0 Å². The van der Waals surface area contributed by atoms with Crippen molar-refractivity contribution in [2.45, 2.75) is 38.8 Å². The normalized spacial score (nSPS) is 16.5. The van der Waals surface area contributed by atoms with Crippen molar-refractivity contribution in [2.24, 2.45) is 5.92 Å². The summed E-state index contributed by atoms with van der Waals surface area (Å²) >= 11 is 0. The highest BCUT2D eigenvalue weighted by Crippen LogP contribution is 2.16. The number of esters is 1. The molecule has 1 aromatic rings. The Bertz CT molecular complexity index is 553. The Morgan fingerprint density at radius 2 is 2.00 bits per heavy atom. The number of hydrogen-bond donors (Lipinski definition) is 1. The SMILES string of the molecule is COC(=O)C(NC(=O)c1ccc(OC2CCOCC2)nc1)C(C)C. The molecule has 1 fully saturated rings. The number of hydrogen-bond acceptors (Lipinski definition) is 6. The number of aromatic nitrogens is 1. The van der Waals surface area contributed by atoms with Crippen LogP contribution in [0.25, 0.3) is 0 Å².